The van der Waals surface area contributed by atoms with Gasteiger partial charge in [-0.15, -0.1) is 0 Å². The minimum absolute atomic E-state index is 0.280. The van der Waals surface area contributed by atoms with E-state index in [1.807, 2.05) is 30.4 Å². The van der Waals surface area contributed by atoms with E-state index in [1.165, 1.54) is 11.2 Å². The summed E-state index contributed by atoms with van der Waals surface area (Å²) in [6, 6.07) is 5.73. The molecule has 1 atom stereocenters. The molecule has 10 heteroatoms. The summed E-state index contributed by atoms with van der Waals surface area (Å²) in [7, 11) is 1.63. The first-order valence-corrected chi connectivity index (χ1v) is 12.9. The topological polar surface area (TPSA) is 106 Å². The molecule has 1 N–H and O–H groups in total. The van der Waals surface area contributed by atoms with Crippen molar-refractivity contribution in [3.05, 3.63) is 72.5 Å². The summed E-state index contributed by atoms with van der Waals surface area (Å²) >= 11 is 0. The third-order valence-corrected chi connectivity index (χ3v) is 7.45. The lowest BCUT2D eigenvalue weighted by molar-refractivity contribution is -0.0222. The summed E-state index contributed by atoms with van der Waals surface area (Å²) in [5.41, 5.74) is 0.894. The van der Waals surface area contributed by atoms with Crippen LogP contribution >= 0.6 is 0 Å². The molecule has 2 fully saturated rings. The molecule has 2 saturated heterocycles. The first kappa shape index (κ1) is 24.3. The van der Waals surface area contributed by atoms with Crippen molar-refractivity contribution in [3.8, 4) is 5.75 Å². The number of benzene rings is 1. The van der Waals surface area contributed by atoms with Crippen LogP contribution in [0.4, 0.5) is 10.6 Å². The van der Waals surface area contributed by atoms with Crippen molar-refractivity contribution >= 4 is 22.8 Å². The van der Waals surface area contributed by atoms with Crippen LogP contribution in [0.2, 0.25) is 0 Å². The Morgan fingerprint density at radius 1 is 1.21 bits per heavy atom. The lowest BCUT2D eigenvalue weighted by atomic mass is 9.86. The Balaban J connectivity index is 1.08. The number of rotatable bonds is 6. The Morgan fingerprint density at radius 3 is 2.87 bits per heavy atom. The molecule has 198 valence electrons. The van der Waals surface area contributed by atoms with Gasteiger partial charge in [-0.25, -0.2) is 19.7 Å². The fourth-order valence-electron chi connectivity index (χ4n) is 5.35. The number of piperidine rings is 1. The van der Waals surface area contributed by atoms with Gasteiger partial charge in [0.25, 0.3) is 0 Å². The lowest BCUT2D eigenvalue weighted by Crippen LogP contribution is -2.47. The van der Waals surface area contributed by atoms with Gasteiger partial charge < -0.3 is 29.0 Å². The first-order valence-electron chi connectivity index (χ1n) is 12.9. The molecule has 4 heterocycles. The zero-order valence-electron chi connectivity index (χ0n) is 21.2. The largest absolute Gasteiger partial charge is 0.497 e. The number of fused-ring (bicyclic) bond motifs is 1. The molecule has 1 aromatic carbocycles. The Hall–Kier alpha value is -4.05. The highest BCUT2D eigenvalue weighted by Crippen LogP contribution is 2.36. The number of carbonyl (C=O) groups excluding carboxylic acids is 1. The molecule has 1 aromatic heterocycles. The van der Waals surface area contributed by atoms with Crippen LogP contribution < -0.4 is 9.64 Å². The molecule has 38 heavy (non-hydrogen) atoms. The van der Waals surface area contributed by atoms with Crippen molar-refractivity contribution in [3.63, 3.8) is 0 Å². The minimum Gasteiger partial charge on any atom is -0.497 e. The van der Waals surface area contributed by atoms with Gasteiger partial charge in [0.05, 0.1) is 24.8 Å². The third-order valence-electron chi connectivity index (χ3n) is 7.45. The standard InChI is InChI=1S/C28H30N4O6/c1-35-20-7-8-23-22(13-20)26(30-18-29-23)31-11-9-28(34,10-12-31)14-21-15-32(27(33)37-21)25-17-36-16-24(38-25)19-5-3-2-4-6-19/h2-3,5,7-8,13,16-18,21,34H,4,6,9-12,14-15H2,1H3/t21-/m0/s1. The van der Waals surface area contributed by atoms with Crippen molar-refractivity contribution in [2.45, 2.75) is 43.8 Å². The summed E-state index contributed by atoms with van der Waals surface area (Å²) in [5.74, 6) is 2.44. The monoisotopic (exact) mass is 518 g/mol. The van der Waals surface area contributed by atoms with E-state index in [4.69, 9.17) is 18.9 Å². The number of aromatic nitrogens is 2. The van der Waals surface area contributed by atoms with E-state index in [-0.39, 0.29) is 6.54 Å². The normalized spacial score (nSPS) is 22.7. The maximum absolute atomic E-state index is 12.7. The van der Waals surface area contributed by atoms with Gasteiger partial charge in [-0.3, -0.25) is 0 Å². The van der Waals surface area contributed by atoms with Crippen LogP contribution in [0.25, 0.3) is 10.9 Å². The van der Waals surface area contributed by atoms with E-state index in [0.29, 0.717) is 44.0 Å². The Bertz CT molecular complexity index is 1360. The molecular formula is C28H30N4O6. The van der Waals surface area contributed by atoms with Crippen LogP contribution in [-0.2, 0) is 14.2 Å². The molecule has 0 bridgehead atoms. The SMILES string of the molecule is COc1ccc2ncnc(N3CCC(O)(C[C@H]4CN(C5=COC=C(C6=CC=CCC6)O5)C(=O)O4)CC3)c2c1. The molecule has 0 spiro atoms. The molecule has 6 rings (SSSR count). The number of hydrogen-bond donors (Lipinski definition) is 1. The molecule has 10 nitrogen and oxygen atoms in total. The second-order valence-electron chi connectivity index (χ2n) is 9.95. The van der Waals surface area contributed by atoms with Crippen molar-refractivity contribution in [2.24, 2.45) is 0 Å². The molecule has 1 amide bonds. The summed E-state index contributed by atoms with van der Waals surface area (Å²) < 4.78 is 22.5. The fourth-order valence-corrected chi connectivity index (χ4v) is 5.35. The van der Waals surface area contributed by atoms with Gasteiger partial charge in [-0.2, -0.15) is 0 Å². The number of aliphatic hydroxyl groups is 1. The summed E-state index contributed by atoms with van der Waals surface area (Å²) in [5, 5.41) is 12.3. The number of allylic oxidation sites excluding steroid dienone is 4. The van der Waals surface area contributed by atoms with Crippen LogP contribution in [0.15, 0.2) is 72.5 Å². The third kappa shape index (κ3) is 4.79. The van der Waals surface area contributed by atoms with Crippen LogP contribution in [0.5, 0.6) is 5.75 Å². The number of anilines is 1. The van der Waals surface area contributed by atoms with E-state index >= 15 is 0 Å². The second-order valence-corrected chi connectivity index (χ2v) is 9.95. The number of hydrogen-bond acceptors (Lipinski definition) is 9. The zero-order valence-corrected chi connectivity index (χ0v) is 21.2. The van der Waals surface area contributed by atoms with E-state index in [2.05, 4.69) is 20.9 Å². The number of carbonyl (C=O) groups is 1. The summed E-state index contributed by atoms with van der Waals surface area (Å²) in [4.78, 5) is 25.2. The Morgan fingerprint density at radius 2 is 2.08 bits per heavy atom. The highest BCUT2D eigenvalue weighted by Gasteiger charge is 2.42. The van der Waals surface area contributed by atoms with Crippen molar-refractivity contribution < 1.29 is 28.8 Å². The second kappa shape index (κ2) is 10.0. The molecular weight excluding hydrogens is 488 g/mol. The van der Waals surface area contributed by atoms with Crippen LogP contribution in [0.3, 0.4) is 0 Å². The predicted octanol–water partition coefficient (Wildman–Crippen LogP) is 4.14. The Labute approximate surface area is 220 Å². The predicted molar refractivity (Wildman–Crippen MR) is 139 cm³/mol. The molecule has 4 aliphatic rings. The number of nitrogens with zero attached hydrogens (tertiary/aromatic N) is 4. The molecule has 1 aliphatic carbocycles. The number of methoxy groups -OCH3 is 1. The van der Waals surface area contributed by atoms with E-state index in [0.717, 1.165) is 40.9 Å². The van der Waals surface area contributed by atoms with Crippen LogP contribution in [0.1, 0.15) is 32.1 Å². The van der Waals surface area contributed by atoms with Crippen molar-refractivity contribution in [1.29, 1.82) is 0 Å². The van der Waals surface area contributed by atoms with Crippen molar-refractivity contribution in [1.82, 2.24) is 14.9 Å². The molecule has 3 aliphatic heterocycles. The zero-order chi connectivity index (χ0) is 26.1. The van der Waals surface area contributed by atoms with Gasteiger partial charge in [0.2, 0.25) is 5.88 Å². The number of ether oxygens (including phenoxy) is 4. The Kier molecular flexibility index (Phi) is 6.40. The quantitative estimate of drug-likeness (QED) is 0.604. The highest BCUT2D eigenvalue weighted by atomic mass is 16.6. The highest BCUT2D eigenvalue weighted by molar-refractivity contribution is 5.90. The van der Waals surface area contributed by atoms with Crippen LogP contribution in [-0.4, -0.2) is 64.5 Å². The van der Waals surface area contributed by atoms with Gasteiger partial charge in [-0.1, -0.05) is 18.2 Å². The van der Waals surface area contributed by atoms with Gasteiger partial charge in [-0.05, 0) is 49.5 Å². The minimum atomic E-state index is -0.958. The smallest absolute Gasteiger partial charge is 0.417 e. The van der Waals surface area contributed by atoms with E-state index < -0.39 is 17.8 Å². The van der Waals surface area contributed by atoms with Gasteiger partial charge in [0.1, 0.15) is 30.3 Å². The lowest BCUT2D eigenvalue weighted by Gasteiger charge is -2.39. The fraction of sp³-hybridized carbons (Fsp3) is 0.393. The molecule has 0 unspecified atom stereocenters. The van der Waals surface area contributed by atoms with E-state index in [9.17, 15) is 9.90 Å². The maximum atomic E-state index is 12.7. The molecule has 2 aromatic rings. The molecule has 0 radical (unpaired) electrons. The molecule has 0 saturated carbocycles. The van der Waals surface area contributed by atoms with Gasteiger partial charge >= 0.3 is 6.09 Å². The summed E-state index contributed by atoms with van der Waals surface area (Å²) in [6.45, 7) is 1.51. The van der Waals surface area contributed by atoms with E-state index in [1.54, 1.807) is 19.7 Å². The van der Waals surface area contributed by atoms with Crippen molar-refractivity contribution in [2.75, 3.05) is 31.6 Å². The van der Waals surface area contributed by atoms with Crippen LogP contribution in [0, 0.1) is 0 Å². The average molecular weight is 519 g/mol. The van der Waals surface area contributed by atoms with Gasteiger partial charge in [0, 0.05) is 24.9 Å². The maximum Gasteiger partial charge on any atom is 0.417 e. The first-order chi connectivity index (χ1) is 18.5. The number of amides is 1. The summed E-state index contributed by atoms with van der Waals surface area (Å²) in [6.07, 6.45) is 12.7. The number of cyclic esters (lactones) is 1. The average Bonchev–Trinajstić information content (AvgIpc) is 3.32. The van der Waals surface area contributed by atoms with Gasteiger partial charge in [0.15, 0.2) is 12.0 Å².